The third-order valence-corrected chi connectivity index (χ3v) is 3.17. The molecule has 1 fully saturated rings. The summed E-state index contributed by atoms with van der Waals surface area (Å²) in [6, 6.07) is 0. The van der Waals surface area contributed by atoms with Crippen molar-refractivity contribution in [2.24, 2.45) is 23.7 Å². The first kappa shape index (κ1) is 9.56. The molecule has 70 valence electrons. The predicted molar refractivity (Wildman–Crippen MR) is 47.9 cm³/mol. The van der Waals surface area contributed by atoms with Crippen molar-refractivity contribution in [1.29, 1.82) is 0 Å². The monoisotopic (exact) mass is 170 g/mol. The number of carboxylic acid groups (broad SMARTS) is 1. The van der Waals surface area contributed by atoms with Crippen molar-refractivity contribution in [2.75, 3.05) is 0 Å². The summed E-state index contributed by atoms with van der Waals surface area (Å²) in [7, 11) is 0. The first-order valence-corrected chi connectivity index (χ1v) is 4.76. The molecule has 3 atom stereocenters. The number of hydrogen-bond acceptors (Lipinski definition) is 1. The molecule has 0 amide bonds. The van der Waals surface area contributed by atoms with E-state index >= 15 is 0 Å². The van der Waals surface area contributed by atoms with Crippen molar-refractivity contribution in [2.45, 2.75) is 33.6 Å². The molecular weight excluding hydrogens is 152 g/mol. The fourth-order valence-electron chi connectivity index (χ4n) is 2.41. The fraction of sp³-hybridized carbons (Fsp3) is 0.900. The molecule has 12 heavy (non-hydrogen) atoms. The zero-order valence-corrected chi connectivity index (χ0v) is 8.08. The van der Waals surface area contributed by atoms with E-state index in [9.17, 15) is 4.79 Å². The van der Waals surface area contributed by atoms with E-state index in [0.29, 0.717) is 17.8 Å². The highest BCUT2D eigenvalue weighted by Gasteiger charge is 2.39. The van der Waals surface area contributed by atoms with Crippen LogP contribution in [0.1, 0.15) is 33.6 Å². The van der Waals surface area contributed by atoms with Gasteiger partial charge in [0.1, 0.15) is 0 Å². The third kappa shape index (κ3) is 1.62. The largest absolute Gasteiger partial charge is 0.481 e. The first-order valence-electron chi connectivity index (χ1n) is 4.76. The van der Waals surface area contributed by atoms with Crippen molar-refractivity contribution >= 4 is 5.97 Å². The quantitative estimate of drug-likeness (QED) is 0.691. The molecule has 0 unspecified atom stereocenters. The van der Waals surface area contributed by atoms with Gasteiger partial charge in [-0.1, -0.05) is 20.8 Å². The van der Waals surface area contributed by atoms with Gasteiger partial charge in [-0.25, -0.2) is 0 Å². The fourth-order valence-corrected chi connectivity index (χ4v) is 2.41. The van der Waals surface area contributed by atoms with E-state index < -0.39 is 5.97 Å². The van der Waals surface area contributed by atoms with Gasteiger partial charge in [0.2, 0.25) is 0 Å². The number of aliphatic carboxylic acids is 1. The maximum atomic E-state index is 10.9. The lowest BCUT2D eigenvalue weighted by molar-refractivity contribution is -0.144. The van der Waals surface area contributed by atoms with Crippen LogP contribution in [0.4, 0.5) is 0 Å². The average Bonchev–Trinajstić information content (AvgIpc) is 2.30. The molecule has 1 N–H and O–H groups in total. The van der Waals surface area contributed by atoms with Gasteiger partial charge in [0.25, 0.3) is 0 Å². The first-order chi connectivity index (χ1) is 5.54. The predicted octanol–water partition coefficient (Wildman–Crippen LogP) is 2.39. The molecule has 0 aromatic rings. The summed E-state index contributed by atoms with van der Waals surface area (Å²) in [4.78, 5) is 10.9. The Bertz CT molecular complexity index is 175. The molecule has 0 saturated heterocycles. The van der Waals surface area contributed by atoms with Crippen LogP contribution < -0.4 is 0 Å². The third-order valence-electron chi connectivity index (χ3n) is 3.17. The van der Waals surface area contributed by atoms with Gasteiger partial charge >= 0.3 is 5.97 Å². The highest BCUT2D eigenvalue weighted by atomic mass is 16.4. The van der Waals surface area contributed by atoms with Crippen LogP contribution in [0.5, 0.6) is 0 Å². The zero-order valence-electron chi connectivity index (χ0n) is 8.08. The standard InChI is InChI=1S/C10H18O2/c1-6(2)8-5-4-7(3)9(8)10(11)12/h6-9H,4-5H2,1-3H3,(H,11,12)/t7-,8+,9-/m0/s1. The second kappa shape index (κ2) is 3.46. The normalized spacial score (nSPS) is 35.8. The van der Waals surface area contributed by atoms with Gasteiger partial charge in [0, 0.05) is 0 Å². The minimum absolute atomic E-state index is 0.0926. The van der Waals surface area contributed by atoms with Crippen molar-refractivity contribution < 1.29 is 9.90 Å². The van der Waals surface area contributed by atoms with Crippen molar-refractivity contribution in [1.82, 2.24) is 0 Å². The SMILES string of the molecule is CC(C)[C@H]1CC[C@H](C)[C@@H]1C(=O)O. The average molecular weight is 170 g/mol. The summed E-state index contributed by atoms with van der Waals surface area (Å²) in [6.45, 7) is 6.30. The Morgan fingerprint density at radius 3 is 2.33 bits per heavy atom. The van der Waals surface area contributed by atoms with Crippen LogP contribution in [0, 0.1) is 23.7 Å². The van der Waals surface area contributed by atoms with Crippen LogP contribution >= 0.6 is 0 Å². The summed E-state index contributed by atoms with van der Waals surface area (Å²) >= 11 is 0. The maximum Gasteiger partial charge on any atom is 0.307 e. The minimum Gasteiger partial charge on any atom is -0.481 e. The topological polar surface area (TPSA) is 37.3 Å². The van der Waals surface area contributed by atoms with Crippen molar-refractivity contribution in [3.8, 4) is 0 Å². The second-order valence-corrected chi connectivity index (χ2v) is 4.33. The van der Waals surface area contributed by atoms with Gasteiger partial charge < -0.3 is 5.11 Å². The molecule has 1 aliphatic rings. The van der Waals surface area contributed by atoms with Crippen LogP contribution in [0.2, 0.25) is 0 Å². The lowest BCUT2D eigenvalue weighted by Gasteiger charge is -2.21. The molecular formula is C10H18O2. The number of hydrogen-bond donors (Lipinski definition) is 1. The van der Waals surface area contributed by atoms with Gasteiger partial charge in [0.05, 0.1) is 5.92 Å². The summed E-state index contributed by atoms with van der Waals surface area (Å²) in [5, 5.41) is 9.00. The van der Waals surface area contributed by atoms with E-state index in [2.05, 4.69) is 20.8 Å². The molecule has 2 heteroatoms. The molecule has 1 aliphatic carbocycles. The Labute approximate surface area is 74.0 Å². The maximum absolute atomic E-state index is 10.9. The van der Waals surface area contributed by atoms with Crippen molar-refractivity contribution in [3.05, 3.63) is 0 Å². The number of carbonyl (C=O) groups is 1. The second-order valence-electron chi connectivity index (χ2n) is 4.33. The molecule has 1 rings (SSSR count). The van der Waals surface area contributed by atoms with Crippen LogP contribution in [0.15, 0.2) is 0 Å². The van der Waals surface area contributed by atoms with Gasteiger partial charge in [0.15, 0.2) is 0 Å². The Hall–Kier alpha value is -0.530. The number of rotatable bonds is 2. The van der Waals surface area contributed by atoms with Gasteiger partial charge in [-0.15, -0.1) is 0 Å². The summed E-state index contributed by atoms with van der Waals surface area (Å²) < 4.78 is 0. The molecule has 0 heterocycles. The van der Waals surface area contributed by atoms with E-state index in [4.69, 9.17) is 5.11 Å². The highest BCUT2D eigenvalue weighted by molar-refractivity contribution is 5.71. The molecule has 0 radical (unpaired) electrons. The summed E-state index contributed by atoms with van der Waals surface area (Å²) in [5.41, 5.74) is 0. The Kier molecular flexibility index (Phi) is 2.76. The molecule has 0 aromatic heterocycles. The molecule has 0 spiro atoms. The molecule has 0 bridgehead atoms. The summed E-state index contributed by atoms with van der Waals surface area (Å²) in [6.07, 6.45) is 2.18. The van der Waals surface area contributed by atoms with Gasteiger partial charge in [-0.05, 0) is 30.6 Å². The van der Waals surface area contributed by atoms with Crippen LogP contribution in [-0.4, -0.2) is 11.1 Å². The highest BCUT2D eigenvalue weighted by Crippen LogP contribution is 2.40. The van der Waals surface area contributed by atoms with Crippen molar-refractivity contribution in [3.63, 3.8) is 0 Å². The molecule has 0 aliphatic heterocycles. The zero-order chi connectivity index (χ0) is 9.30. The number of carboxylic acids is 1. The smallest absolute Gasteiger partial charge is 0.307 e. The summed E-state index contributed by atoms with van der Waals surface area (Å²) in [5.74, 6) is 0.590. The van der Waals surface area contributed by atoms with E-state index in [1.54, 1.807) is 0 Å². The molecule has 0 aromatic carbocycles. The van der Waals surface area contributed by atoms with E-state index in [-0.39, 0.29) is 5.92 Å². The Morgan fingerprint density at radius 2 is 2.00 bits per heavy atom. The van der Waals surface area contributed by atoms with E-state index in [0.717, 1.165) is 12.8 Å². The van der Waals surface area contributed by atoms with E-state index in [1.807, 2.05) is 0 Å². The van der Waals surface area contributed by atoms with Crippen LogP contribution in [0.3, 0.4) is 0 Å². The van der Waals surface area contributed by atoms with Crippen LogP contribution in [0.25, 0.3) is 0 Å². The lowest BCUT2D eigenvalue weighted by Crippen LogP contribution is -2.26. The lowest BCUT2D eigenvalue weighted by atomic mass is 9.83. The van der Waals surface area contributed by atoms with Gasteiger partial charge in [-0.3, -0.25) is 4.79 Å². The van der Waals surface area contributed by atoms with Crippen LogP contribution in [-0.2, 0) is 4.79 Å². The van der Waals surface area contributed by atoms with Gasteiger partial charge in [-0.2, -0.15) is 0 Å². The Morgan fingerprint density at radius 1 is 1.42 bits per heavy atom. The minimum atomic E-state index is -0.598. The Balaban J connectivity index is 2.70. The molecule has 2 nitrogen and oxygen atoms in total. The van der Waals surface area contributed by atoms with E-state index in [1.165, 1.54) is 0 Å². The molecule has 1 saturated carbocycles.